The number of imide groups is 1. The van der Waals surface area contributed by atoms with E-state index >= 15 is 0 Å². The van der Waals surface area contributed by atoms with E-state index in [9.17, 15) is 9.59 Å². The molecule has 0 unspecified atom stereocenters. The Bertz CT molecular complexity index is 946. The van der Waals surface area contributed by atoms with Gasteiger partial charge in [-0.05, 0) is 53.8 Å². The minimum absolute atomic E-state index is 0.132. The van der Waals surface area contributed by atoms with Crippen LogP contribution in [0.1, 0.15) is 42.0 Å². The van der Waals surface area contributed by atoms with Crippen molar-refractivity contribution in [2.24, 2.45) is 0 Å². The van der Waals surface area contributed by atoms with Gasteiger partial charge >= 0.3 is 0 Å². The number of amides is 2. The zero-order chi connectivity index (χ0) is 21.1. The number of hydrogen-bond donors (Lipinski definition) is 1. The van der Waals surface area contributed by atoms with Gasteiger partial charge in [0.15, 0.2) is 11.5 Å². The van der Waals surface area contributed by atoms with Crippen molar-refractivity contribution in [3.05, 3.63) is 58.1 Å². The normalized spacial score (nSPS) is 18.1. The molecule has 1 heterocycles. The van der Waals surface area contributed by atoms with Crippen molar-refractivity contribution < 1.29 is 19.1 Å². The number of rotatable bonds is 8. The second-order valence-electron chi connectivity index (χ2n) is 7.59. The number of nitrogens with one attached hydrogen (secondary N) is 1. The van der Waals surface area contributed by atoms with E-state index < -0.39 is 0 Å². The monoisotopic (exact) mass is 428 g/mol. The first-order chi connectivity index (χ1) is 14.5. The van der Waals surface area contributed by atoms with Gasteiger partial charge in [-0.1, -0.05) is 23.7 Å². The van der Waals surface area contributed by atoms with E-state index in [0.717, 1.165) is 23.4 Å². The molecule has 2 aliphatic rings. The zero-order valence-electron chi connectivity index (χ0n) is 16.9. The van der Waals surface area contributed by atoms with Crippen LogP contribution >= 0.6 is 11.6 Å². The van der Waals surface area contributed by atoms with Gasteiger partial charge < -0.3 is 14.8 Å². The molecule has 0 saturated carbocycles. The Labute approximate surface area is 181 Å². The topological polar surface area (TPSA) is 67.9 Å². The third-order valence-electron chi connectivity index (χ3n) is 5.69. The minimum atomic E-state index is -0.132. The number of halogens is 1. The van der Waals surface area contributed by atoms with Gasteiger partial charge in [0.25, 0.3) is 0 Å². The third kappa shape index (κ3) is 4.45. The molecule has 6 nitrogen and oxygen atoms in total. The van der Waals surface area contributed by atoms with Gasteiger partial charge in [0, 0.05) is 30.5 Å². The van der Waals surface area contributed by atoms with Crippen molar-refractivity contribution in [3.63, 3.8) is 0 Å². The summed E-state index contributed by atoms with van der Waals surface area (Å²) >= 11 is 6.10. The lowest BCUT2D eigenvalue weighted by molar-refractivity contribution is -0.138. The highest BCUT2D eigenvalue weighted by Gasteiger charge is 2.28. The molecule has 2 amide bonds. The zero-order valence-corrected chi connectivity index (χ0v) is 17.7. The molecule has 0 aromatic heterocycles. The fourth-order valence-corrected chi connectivity index (χ4v) is 4.29. The predicted molar refractivity (Wildman–Crippen MR) is 114 cm³/mol. The van der Waals surface area contributed by atoms with Gasteiger partial charge in [0.2, 0.25) is 11.8 Å². The summed E-state index contributed by atoms with van der Waals surface area (Å²) in [7, 11) is 1.60. The largest absolute Gasteiger partial charge is 0.493 e. The van der Waals surface area contributed by atoms with Crippen LogP contribution in [-0.2, 0) is 22.6 Å². The van der Waals surface area contributed by atoms with Crippen LogP contribution < -0.4 is 14.8 Å². The summed E-state index contributed by atoms with van der Waals surface area (Å²) < 4.78 is 11.3. The first-order valence-electron chi connectivity index (χ1n) is 10.2. The number of nitrogens with zero attached hydrogens (tertiary/aromatic N) is 1. The van der Waals surface area contributed by atoms with E-state index in [1.165, 1.54) is 16.0 Å². The van der Waals surface area contributed by atoms with Gasteiger partial charge in [0.1, 0.15) is 6.61 Å². The Morgan fingerprint density at radius 2 is 1.87 bits per heavy atom. The molecule has 0 bridgehead atoms. The number of likely N-dealkylation sites (tertiary alicyclic amines) is 1. The highest BCUT2D eigenvalue weighted by Crippen LogP contribution is 2.33. The smallest absolute Gasteiger partial charge is 0.229 e. The first-order valence-corrected chi connectivity index (χ1v) is 10.6. The molecule has 1 N–H and O–H groups in total. The Morgan fingerprint density at radius 3 is 2.63 bits per heavy atom. The summed E-state index contributed by atoms with van der Waals surface area (Å²) in [5, 5.41) is 4.40. The molecule has 7 heteroatoms. The molecule has 158 valence electrons. The summed E-state index contributed by atoms with van der Waals surface area (Å²) in [5.74, 6) is 0.966. The average molecular weight is 429 g/mol. The fraction of sp³-hybridized carbons (Fsp3) is 0.391. The van der Waals surface area contributed by atoms with Crippen LogP contribution in [0, 0.1) is 0 Å². The number of benzene rings is 2. The van der Waals surface area contributed by atoms with Crippen LogP contribution in [0.4, 0.5) is 0 Å². The molecule has 1 aliphatic heterocycles. The van der Waals surface area contributed by atoms with Crippen LogP contribution in [0.25, 0.3) is 0 Å². The van der Waals surface area contributed by atoms with Crippen molar-refractivity contribution in [2.75, 3.05) is 20.3 Å². The summed E-state index contributed by atoms with van der Waals surface area (Å²) in [6.45, 7) is 1.21. The lowest BCUT2D eigenvalue weighted by Gasteiger charge is -2.17. The number of hydrogen-bond acceptors (Lipinski definition) is 5. The number of fused-ring (bicyclic) bond motifs is 1. The van der Waals surface area contributed by atoms with E-state index in [4.69, 9.17) is 21.1 Å². The third-order valence-corrected chi connectivity index (χ3v) is 5.93. The highest BCUT2D eigenvalue weighted by atomic mass is 35.5. The maximum absolute atomic E-state index is 11.7. The van der Waals surface area contributed by atoms with Crippen molar-refractivity contribution >= 4 is 23.4 Å². The highest BCUT2D eigenvalue weighted by molar-refractivity contribution is 6.30. The summed E-state index contributed by atoms with van der Waals surface area (Å²) in [6, 6.07) is 12.2. The van der Waals surface area contributed by atoms with Gasteiger partial charge in [-0.15, -0.1) is 0 Å². The summed E-state index contributed by atoms with van der Waals surface area (Å²) in [5.41, 5.74) is 3.72. The van der Waals surface area contributed by atoms with E-state index in [-0.39, 0.29) is 25.0 Å². The van der Waals surface area contributed by atoms with Crippen LogP contribution in [0.5, 0.6) is 11.5 Å². The molecule has 0 spiro atoms. The van der Waals surface area contributed by atoms with E-state index in [0.29, 0.717) is 36.9 Å². The first kappa shape index (κ1) is 20.7. The quantitative estimate of drug-likeness (QED) is 0.650. The standard InChI is InChI=1S/C23H25ClN2O4/c1-29-21-12-15(14-25-19-6-3-16-13-17(24)4-5-18(16)19)2-7-20(21)30-11-10-26-22(27)8-9-23(26)28/h2,4-5,7,12-13,19,25H,3,6,8-11,14H2,1H3/t19-/m0/s1. The summed E-state index contributed by atoms with van der Waals surface area (Å²) in [6.07, 6.45) is 2.68. The molecule has 1 aliphatic carbocycles. The molecule has 2 aromatic carbocycles. The molecule has 1 fully saturated rings. The minimum Gasteiger partial charge on any atom is -0.493 e. The number of methoxy groups -OCH3 is 1. The van der Waals surface area contributed by atoms with E-state index in [1.807, 2.05) is 24.3 Å². The molecule has 4 rings (SSSR count). The number of ether oxygens (including phenoxy) is 2. The van der Waals surface area contributed by atoms with Crippen molar-refractivity contribution in [1.29, 1.82) is 0 Å². The van der Waals surface area contributed by atoms with E-state index in [1.54, 1.807) is 7.11 Å². The molecule has 1 atom stereocenters. The predicted octanol–water partition coefficient (Wildman–Crippen LogP) is 3.65. The number of carbonyl (C=O) groups excluding carboxylic acids is 2. The van der Waals surface area contributed by atoms with Crippen LogP contribution in [0.2, 0.25) is 5.02 Å². The molecule has 1 saturated heterocycles. The van der Waals surface area contributed by atoms with Crippen LogP contribution in [0.15, 0.2) is 36.4 Å². The van der Waals surface area contributed by atoms with Crippen molar-refractivity contribution in [1.82, 2.24) is 10.2 Å². The maximum atomic E-state index is 11.7. The maximum Gasteiger partial charge on any atom is 0.229 e. The lowest BCUT2D eigenvalue weighted by Crippen LogP contribution is -2.33. The Kier molecular flexibility index (Phi) is 6.25. The Hall–Kier alpha value is -2.57. The average Bonchev–Trinajstić information content (AvgIpc) is 3.29. The van der Waals surface area contributed by atoms with E-state index in [2.05, 4.69) is 17.4 Å². The SMILES string of the molecule is COc1cc(CN[C@H]2CCc3cc(Cl)ccc32)ccc1OCCN1C(=O)CCC1=O. The molecular formula is C23H25ClN2O4. The summed E-state index contributed by atoms with van der Waals surface area (Å²) in [4.78, 5) is 24.6. The molecule has 2 aromatic rings. The molecule has 0 radical (unpaired) electrons. The molecular weight excluding hydrogens is 404 g/mol. The Balaban J connectivity index is 1.33. The lowest BCUT2D eigenvalue weighted by atomic mass is 10.1. The second kappa shape index (κ2) is 9.06. The van der Waals surface area contributed by atoms with Gasteiger partial charge in [-0.3, -0.25) is 14.5 Å². The van der Waals surface area contributed by atoms with Crippen molar-refractivity contribution in [3.8, 4) is 11.5 Å². The fourth-order valence-electron chi connectivity index (χ4n) is 4.10. The van der Waals surface area contributed by atoms with Gasteiger partial charge in [-0.2, -0.15) is 0 Å². The van der Waals surface area contributed by atoms with Gasteiger partial charge in [0.05, 0.1) is 13.7 Å². The van der Waals surface area contributed by atoms with Crippen LogP contribution in [0.3, 0.4) is 0 Å². The van der Waals surface area contributed by atoms with Crippen LogP contribution in [-0.4, -0.2) is 37.0 Å². The number of aryl methyl sites for hydroxylation is 1. The second-order valence-corrected chi connectivity index (χ2v) is 8.02. The van der Waals surface area contributed by atoms with Gasteiger partial charge in [-0.25, -0.2) is 0 Å². The number of carbonyl (C=O) groups is 2. The molecule has 30 heavy (non-hydrogen) atoms. The Morgan fingerprint density at radius 1 is 1.07 bits per heavy atom. The van der Waals surface area contributed by atoms with Crippen molar-refractivity contribution in [2.45, 2.75) is 38.3 Å².